The summed E-state index contributed by atoms with van der Waals surface area (Å²) in [6.45, 7) is 4.31. The van der Waals surface area contributed by atoms with Crippen LogP contribution in [0.4, 0.5) is 0 Å². The van der Waals surface area contributed by atoms with Gasteiger partial charge < -0.3 is 9.47 Å². The molecule has 30 heavy (non-hydrogen) atoms. The lowest BCUT2D eigenvalue weighted by Gasteiger charge is -2.24. The van der Waals surface area contributed by atoms with Crippen molar-refractivity contribution in [2.75, 3.05) is 13.6 Å². The maximum atomic E-state index is 4.25. The molecule has 0 aliphatic carbocycles. The zero-order chi connectivity index (χ0) is 20.2. The minimum atomic E-state index is 1.02. The highest BCUT2D eigenvalue weighted by Gasteiger charge is 2.24. The molecule has 0 unspecified atom stereocenters. The van der Waals surface area contributed by atoms with Crippen molar-refractivity contribution in [2.45, 2.75) is 19.9 Å². The first-order valence-corrected chi connectivity index (χ1v) is 11.4. The number of hydrogen-bond donors (Lipinski definition) is 0. The number of likely N-dealkylation sites (N-methyl/N-ethyl adjacent to an activating group) is 1. The molecular formula is C26H23N3S. The summed E-state index contributed by atoms with van der Waals surface area (Å²) in [5, 5.41) is 8.41. The largest absolute Gasteiger partial charge is 0.312 e. The molecule has 0 saturated heterocycles. The molecule has 4 heteroatoms. The second-order valence-corrected chi connectivity index (χ2v) is 9.12. The Labute approximate surface area is 180 Å². The molecule has 0 bridgehead atoms. The summed E-state index contributed by atoms with van der Waals surface area (Å²) >= 11 is 1.78. The number of hydrogen-bond acceptors (Lipinski definition) is 3. The van der Waals surface area contributed by atoms with Crippen LogP contribution in [0.5, 0.6) is 0 Å². The molecule has 0 atom stereocenters. The van der Waals surface area contributed by atoms with Gasteiger partial charge in [-0.05, 0) is 54.8 Å². The van der Waals surface area contributed by atoms with Crippen LogP contribution in [0.25, 0.3) is 38.5 Å². The molecule has 1 aliphatic rings. The van der Waals surface area contributed by atoms with E-state index in [2.05, 4.69) is 81.6 Å². The number of aromatic nitrogens is 2. The normalized spacial score (nSPS) is 14.5. The first-order valence-electron chi connectivity index (χ1n) is 10.4. The first kappa shape index (κ1) is 17.9. The van der Waals surface area contributed by atoms with Crippen molar-refractivity contribution in [2.24, 2.45) is 0 Å². The summed E-state index contributed by atoms with van der Waals surface area (Å²) in [7, 11) is 2.22. The van der Waals surface area contributed by atoms with E-state index in [1.165, 1.54) is 55.3 Å². The molecule has 5 aromatic rings. The molecule has 0 radical (unpaired) electrons. The van der Waals surface area contributed by atoms with Gasteiger partial charge in [0, 0.05) is 64.7 Å². The average Bonchev–Trinajstić information content (AvgIpc) is 3.35. The van der Waals surface area contributed by atoms with Crippen molar-refractivity contribution in [3.05, 3.63) is 82.4 Å². The Morgan fingerprint density at radius 2 is 1.93 bits per heavy atom. The van der Waals surface area contributed by atoms with E-state index in [-0.39, 0.29) is 0 Å². The minimum Gasteiger partial charge on any atom is -0.312 e. The van der Waals surface area contributed by atoms with Crippen LogP contribution >= 0.6 is 11.3 Å². The third-order valence-electron chi connectivity index (χ3n) is 6.33. The molecule has 3 aromatic heterocycles. The van der Waals surface area contributed by atoms with Gasteiger partial charge in [0.05, 0.1) is 11.2 Å². The van der Waals surface area contributed by atoms with E-state index in [0.29, 0.717) is 0 Å². The van der Waals surface area contributed by atoms with Crippen molar-refractivity contribution in [3.63, 3.8) is 0 Å². The van der Waals surface area contributed by atoms with E-state index < -0.39 is 0 Å². The summed E-state index contributed by atoms with van der Waals surface area (Å²) in [5.74, 6) is 0. The van der Waals surface area contributed by atoms with Crippen LogP contribution in [0.1, 0.15) is 16.8 Å². The second-order valence-electron chi connectivity index (χ2n) is 8.38. The Bertz CT molecular complexity index is 1410. The van der Waals surface area contributed by atoms with Crippen LogP contribution in [0.3, 0.4) is 0 Å². The summed E-state index contributed by atoms with van der Waals surface area (Å²) in [6, 6.07) is 15.7. The number of rotatable bonds is 2. The average molecular weight is 410 g/mol. The number of thiophene rings is 1. The molecule has 0 saturated carbocycles. The van der Waals surface area contributed by atoms with Crippen LogP contribution in [0.2, 0.25) is 0 Å². The molecule has 2 aromatic carbocycles. The van der Waals surface area contributed by atoms with Gasteiger partial charge in [0.15, 0.2) is 0 Å². The lowest BCUT2D eigenvalue weighted by molar-refractivity contribution is 0.311. The smallest absolute Gasteiger partial charge is 0.0644 e. The van der Waals surface area contributed by atoms with E-state index in [1.807, 2.05) is 12.4 Å². The fraction of sp³-hybridized carbons (Fsp3) is 0.192. The number of aryl methyl sites for hydroxylation is 1. The zero-order valence-electron chi connectivity index (χ0n) is 17.2. The Kier molecular flexibility index (Phi) is 4.05. The van der Waals surface area contributed by atoms with Crippen LogP contribution in [-0.2, 0) is 13.0 Å². The van der Waals surface area contributed by atoms with Crippen molar-refractivity contribution < 1.29 is 0 Å². The molecular weight excluding hydrogens is 386 g/mol. The molecule has 4 heterocycles. The second kappa shape index (κ2) is 6.79. The Balaban J connectivity index is 1.60. The van der Waals surface area contributed by atoms with Crippen molar-refractivity contribution >= 4 is 33.0 Å². The fourth-order valence-electron chi connectivity index (χ4n) is 4.81. The lowest BCUT2D eigenvalue weighted by Crippen LogP contribution is -2.27. The standard InChI is InChI=1S/C26H23N3S/c1-17-3-6-24-21(11-17)22-14-28(2)10-8-25(22)29(24)26-16-30-15-23(26)19-4-5-20-13-27-9-7-18(20)12-19/h3-7,9,11-13,15-16H,8,10,14H2,1-2H3. The predicted octanol–water partition coefficient (Wildman–Crippen LogP) is 6.20. The maximum Gasteiger partial charge on any atom is 0.0644 e. The zero-order valence-corrected chi connectivity index (χ0v) is 18.0. The van der Waals surface area contributed by atoms with Crippen molar-refractivity contribution in [3.8, 4) is 16.8 Å². The first-order chi connectivity index (χ1) is 14.7. The van der Waals surface area contributed by atoms with Gasteiger partial charge in [0.1, 0.15) is 0 Å². The van der Waals surface area contributed by atoms with Gasteiger partial charge in [0.2, 0.25) is 0 Å². The minimum absolute atomic E-state index is 1.02. The van der Waals surface area contributed by atoms with E-state index >= 15 is 0 Å². The number of fused-ring (bicyclic) bond motifs is 4. The molecule has 0 N–H and O–H groups in total. The highest BCUT2D eigenvalue weighted by Crippen LogP contribution is 2.39. The van der Waals surface area contributed by atoms with Crippen LogP contribution < -0.4 is 0 Å². The molecule has 0 spiro atoms. The molecule has 148 valence electrons. The van der Waals surface area contributed by atoms with E-state index in [9.17, 15) is 0 Å². The number of pyridine rings is 1. The third-order valence-corrected chi connectivity index (χ3v) is 7.06. The Hall–Kier alpha value is -2.95. The molecule has 0 fully saturated rings. The van der Waals surface area contributed by atoms with E-state index in [4.69, 9.17) is 0 Å². The molecule has 6 rings (SSSR count). The summed E-state index contributed by atoms with van der Waals surface area (Å²) in [6.07, 6.45) is 4.88. The third kappa shape index (κ3) is 2.72. The maximum absolute atomic E-state index is 4.25. The Morgan fingerprint density at radius 3 is 2.87 bits per heavy atom. The molecule has 1 aliphatic heterocycles. The summed E-state index contributed by atoms with van der Waals surface area (Å²) in [4.78, 5) is 6.68. The van der Waals surface area contributed by atoms with Gasteiger partial charge in [-0.3, -0.25) is 4.98 Å². The lowest BCUT2D eigenvalue weighted by atomic mass is 10.0. The fourth-order valence-corrected chi connectivity index (χ4v) is 5.63. The molecule has 3 nitrogen and oxygen atoms in total. The number of nitrogens with zero attached hydrogens (tertiary/aromatic N) is 3. The van der Waals surface area contributed by atoms with Crippen LogP contribution in [0.15, 0.2) is 65.6 Å². The van der Waals surface area contributed by atoms with Gasteiger partial charge >= 0.3 is 0 Å². The van der Waals surface area contributed by atoms with Gasteiger partial charge in [-0.25, -0.2) is 0 Å². The van der Waals surface area contributed by atoms with Gasteiger partial charge in [0.25, 0.3) is 0 Å². The van der Waals surface area contributed by atoms with Crippen molar-refractivity contribution in [1.82, 2.24) is 14.5 Å². The SMILES string of the molecule is Cc1ccc2c(c1)c1c(n2-c2cscc2-c2ccc3cnccc3c2)CCN(C)C1. The van der Waals surface area contributed by atoms with Crippen molar-refractivity contribution in [1.29, 1.82) is 0 Å². The van der Waals surface area contributed by atoms with Crippen LogP contribution in [0, 0.1) is 6.92 Å². The van der Waals surface area contributed by atoms with Gasteiger partial charge in [-0.2, -0.15) is 0 Å². The predicted molar refractivity (Wildman–Crippen MR) is 127 cm³/mol. The quantitative estimate of drug-likeness (QED) is 0.346. The Morgan fingerprint density at radius 1 is 1.00 bits per heavy atom. The number of benzene rings is 2. The summed E-state index contributed by atoms with van der Waals surface area (Å²) in [5.41, 5.74) is 9.48. The van der Waals surface area contributed by atoms with Gasteiger partial charge in [-0.15, -0.1) is 11.3 Å². The van der Waals surface area contributed by atoms with E-state index in [0.717, 1.165) is 19.5 Å². The van der Waals surface area contributed by atoms with E-state index in [1.54, 1.807) is 11.3 Å². The van der Waals surface area contributed by atoms with Gasteiger partial charge in [-0.1, -0.05) is 23.8 Å². The highest BCUT2D eigenvalue weighted by atomic mass is 32.1. The molecule has 0 amide bonds. The highest BCUT2D eigenvalue weighted by molar-refractivity contribution is 7.08. The van der Waals surface area contributed by atoms with Crippen LogP contribution in [-0.4, -0.2) is 28.0 Å². The topological polar surface area (TPSA) is 21.1 Å². The monoisotopic (exact) mass is 409 g/mol. The summed E-state index contributed by atoms with van der Waals surface area (Å²) < 4.78 is 2.53.